The lowest BCUT2D eigenvalue weighted by atomic mass is 10.0. The summed E-state index contributed by atoms with van der Waals surface area (Å²) in [5.41, 5.74) is 8.72. The van der Waals surface area contributed by atoms with Gasteiger partial charge in [-0.05, 0) is 29.7 Å². The van der Waals surface area contributed by atoms with Crippen molar-refractivity contribution in [2.45, 2.75) is 19.8 Å². The van der Waals surface area contributed by atoms with Crippen molar-refractivity contribution in [3.63, 3.8) is 0 Å². The molecule has 0 aromatic heterocycles. The zero-order valence-corrected chi connectivity index (χ0v) is 11.5. The molecule has 5 heteroatoms. The van der Waals surface area contributed by atoms with Crippen molar-refractivity contribution < 1.29 is 4.92 Å². The lowest BCUT2D eigenvalue weighted by molar-refractivity contribution is -0.384. The van der Waals surface area contributed by atoms with Crippen LogP contribution < -0.4 is 11.1 Å². The van der Waals surface area contributed by atoms with Crippen LogP contribution in [0.2, 0.25) is 0 Å². The summed E-state index contributed by atoms with van der Waals surface area (Å²) in [4.78, 5) is 10.4. The first-order chi connectivity index (χ1) is 9.45. The van der Waals surface area contributed by atoms with Crippen LogP contribution in [0.15, 0.2) is 42.5 Å². The van der Waals surface area contributed by atoms with Gasteiger partial charge in [-0.2, -0.15) is 0 Å². The topological polar surface area (TPSA) is 81.2 Å². The zero-order chi connectivity index (χ0) is 14.7. The summed E-state index contributed by atoms with van der Waals surface area (Å²) in [7, 11) is 0. The SMILES string of the molecule is CC(C)c1cccc(Nc2cc(N)cc([N+](=O)[O-])c2)c1. The maximum atomic E-state index is 10.8. The largest absolute Gasteiger partial charge is 0.398 e. The van der Waals surface area contributed by atoms with Gasteiger partial charge in [-0.25, -0.2) is 0 Å². The Morgan fingerprint density at radius 2 is 1.90 bits per heavy atom. The summed E-state index contributed by atoms with van der Waals surface area (Å²) in [6, 6.07) is 12.4. The molecule has 0 heterocycles. The molecule has 0 saturated heterocycles. The second-order valence-electron chi connectivity index (χ2n) is 4.98. The van der Waals surface area contributed by atoms with Crippen LogP contribution in [0, 0.1) is 10.1 Å². The first-order valence-electron chi connectivity index (χ1n) is 6.37. The van der Waals surface area contributed by atoms with Crippen molar-refractivity contribution >= 4 is 22.7 Å². The highest BCUT2D eigenvalue weighted by molar-refractivity contribution is 5.68. The molecule has 104 valence electrons. The maximum Gasteiger partial charge on any atom is 0.273 e. The van der Waals surface area contributed by atoms with Crippen LogP contribution in [0.5, 0.6) is 0 Å². The third-order valence-electron chi connectivity index (χ3n) is 2.99. The van der Waals surface area contributed by atoms with Crippen molar-refractivity contribution in [2.24, 2.45) is 0 Å². The van der Waals surface area contributed by atoms with E-state index in [0.29, 0.717) is 17.3 Å². The Labute approximate surface area is 117 Å². The third kappa shape index (κ3) is 3.26. The number of nitrogens with zero attached hydrogens (tertiary/aromatic N) is 1. The standard InChI is InChI=1S/C15H17N3O2/c1-10(2)11-4-3-5-13(6-11)17-14-7-12(16)8-15(9-14)18(19)20/h3-10,17H,16H2,1-2H3. The smallest absolute Gasteiger partial charge is 0.273 e. The van der Waals surface area contributed by atoms with Gasteiger partial charge in [0.15, 0.2) is 0 Å². The van der Waals surface area contributed by atoms with Crippen LogP contribution in [0.25, 0.3) is 0 Å². The number of hydrogen-bond acceptors (Lipinski definition) is 4. The molecule has 2 rings (SSSR count). The summed E-state index contributed by atoms with van der Waals surface area (Å²) in [6.07, 6.45) is 0. The summed E-state index contributed by atoms with van der Waals surface area (Å²) in [5, 5.41) is 14.0. The number of benzene rings is 2. The van der Waals surface area contributed by atoms with E-state index >= 15 is 0 Å². The van der Waals surface area contributed by atoms with Gasteiger partial charge in [0.25, 0.3) is 5.69 Å². The van der Waals surface area contributed by atoms with Crippen molar-refractivity contribution in [1.29, 1.82) is 0 Å². The summed E-state index contributed by atoms with van der Waals surface area (Å²) >= 11 is 0. The minimum Gasteiger partial charge on any atom is -0.398 e. The van der Waals surface area contributed by atoms with Gasteiger partial charge in [0, 0.05) is 29.2 Å². The van der Waals surface area contributed by atoms with E-state index in [4.69, 9.17) is 5.73 Å². The predicted octanol–water partition coefficient (Wildman–Crippen LogP) is 4.04. The number of nitrogen functional groups attached to an aromatic ring is 1. The molecule has 3 N–H and O–H groups in total. The van der Waals surface area contributed by atoms with Gasteiger partial charge in [0.2, 0.25) is 0 Å². The van der Waals surface area contributed by atoms with Crippen LogP contribution in [0.1, 0.15) is 25.3 Å². The number of anilines is 3. The van der Waals surface area contributed by atoms with E-state index in [1.54, 1.807) is 6.07 Å². The molecule has 0 amide bonds. The van der Waals surface area contributed by atoms with Crippen LogP contribution in [-0.4, -0.2) is 4.92 Å². The van der Waals surface area contributed by atoms with Crippen molar-refractivity contribution in [1.82, 2.24) is 0 Å². The fourth-order valence-electron chi connectivity index (χ4n) is 1.95. The number of nitro benzene ring substituents is 1. The first-order valence-corrected chi connectivity index (χ1v) is 6.37. The molecule has 0 spiro atoms. The molecule has 0 atom stereocenters. The molecule has 20 heavy (non-hydrogen) atoms. The Morgan fingerprint density at radius 3 is 2.55 bits per heavy atom. The van der Waals surface area contributed by atoms with Gasteiger partial charge in [0.05, 0.1) is 4.92 Å². The minimum atomic E-state index is -0.452. The molecule has 0 fully saturated rings. The zero-order valence-electron chi connectivity index (χ0n) is 11.5. The molecule has 0 radical (unpaired) electrons. The molecule has 0 bridgehead atoms. The molecular formula is C15H17N3O2. The van der Waals surface area contributed by atoms with Gasteiger partial charge in [-0.3, -0.25) is 10.1 Å². The minimum absolute atomic E-state index is 0.0208. The van der Waals surface area contributed by atoms with Crippen LogP contribution in [0.4, 0.5) is 22.7 Å². The molecular weight excluding hydrogens is 254 g/mol. The molecule has 0 unspecified atom stereocenters. The Morgan fingerprint density at radius 1 is 1.15 bits per heavy atom. The number of non-ortho nitro benzene ring substituents is 1. The van der Waals surface area contributed by atoms with E-state index in [9.17, 15) is 10.1 Å². The lowest BCUT2D eigenvalue weighted by Gasteiger charge is -2.11. The third-order valence-corrected chi connectivity index (χ3v) is 2.99. The molecule has 0 aliphatic carbocycles. The fourth-order valence-corrected chi connectivity index (χ4v) is 1.95. The molecule has 0 aliphatic heterocycles. The van der Waals surface area contributed by atoms with E-state index in [0.717, 1.165) is 5.69 Å². The summed E-state index contributed by atoms with van der Waals surface area (Å²) in [5.74, 6) is 0.423. The van der Waals surface area contributed by atoms with Crippen LogP contribution in [-0.2, 0) is 0 Å². The molecule has 0 aliphatic rings. The maximum absolute atomic E-state index is 10.8. The van der Waals surface area contributed by atoms with Gasteiger partial charge < -0.3 is 11.1 Å². The van der Waals surface area contributed by atoms with E-state index < -0.39 is 4.92 Å². The second-order valence-corrected chi connectivity index (χ2v) is 4.98. The average Bonchev–Trinajstić information content (AvgIpc) is 2.38. The Hall–Kier alpha value is -2.56. The van der Waals surface area contributed by atoms with Crippen molar-refractivity contribution in [3.8, 4) is 0 Å². The van der Waals surface area contributed by atoms with Crippen LogP contribution >= 0.6 is 0 Å². The number of nitrogens with one attached hydrogen (secondary N) is 1. The monoisotopic (exact) mass is 271 g/mol. The summed E-state index contributed by atoms with van der Waals surface area (Å²) in [6.45, 7) is 4.23. The van der Waals surface area contributed by atoms with E-state index in [1.807, 2.05) is 18.2 Å². The van der Waals surface area contributed by atoms with Gasteiger partial charge in [-0.15, -0.1) is 0 Å². The number of nitrogens with two attached hydrogens (primary N) is 1. The first kappa shape index (κ1) is 13.9. The molecule has 2 aromatic carbocycles. The quantitative estimate of drug-likeness (QED) is 0.499. The highest BCUT2D eigenvalue weighted by atomic mass is 16.6. The fraction of sp³-hybridized carbons (Fsp3) is 0.200. The second kappa shape index (κ2) is 5.61. The van der Waals surface area contributed by atoms with Gasteiger partial charge in [0.1, 0.15) is 0 Å². The van der Waals surface area contributed by atoms with Crippen LogP contribution in [0.3, 0.4) is 0 Å². The van der Waals surface area contributed by atoms with Crippen molar-refractivity contribution in [2.75, 3.05) is 11.1 Å². The molecule has 2 aromatic rings. The predicted molar refractivity (Wildman–Crippen MR) is 81.3 cm³/mol. The van der Waals surface area contributed by atoms with Gasteiger partial charge >= 0.3 is 0 Å². The van der Waals surface area contributed by atoms with Crippen molar-refractivity contribution in [3.05, 3.63) is 58.1 Å². The Balaban J connectivity index is 2.30. The Bertz CT molecular complexity index is 639. The summed E-state index contributed by atoms with van der Waals surface area (Å²) < 4.78 is 0. The average molecular weight is 271 g/mol. The number of rotatable bonds is 4. The number of hydrogen-bond donors (Lipinski definition) is 2. The van der Waals surface area contributed by atoms with E-state index in [1.165, 1.54) is 17.7 Å². The highest BCUT2D eigenvalue weighted by Crippen LogP contribution is 2.26. The lowest BCUT2D eigenvalue weighted by Crippen LogP contribution is -1.97. The van der Waals surface area contributed by atoms with E-state index in [2.05, 4.69) is 25.2 Å². The Kier molecular flexibility index (Phi) is 3.89. The van der Waals surface area contributed by atoms with Gasteiger partial charge in [-0.1, -0.05) is 26.0 Å². The molecule has 0 saturated carbocycles. The number of nitro groups is 1. The normalized spacial score (nSPS) is 10.6. The van der Waals surface area contributed by atoms with E-state index in [-0.39, 0.29) is 5.69 Å². The molecule has 5 nitrogen and oxygen atoms in total. The highest BCUT2D eigenvalue weighted by Gasteiger charge is 2.09.